The van der Waals surface area contributed by atoms with Crippen LogP contribution in [0, 0.1) is 15.9 Å². The quantitative estimate of drug-likeness (QED) is 0.609. The number of aromatic nitrogens is 3. The van der Waals surface area contributed by atoms with E-state index in [0.717, 1.165) is 12.1 Å². The minimum atomic E-state index is -4.32. The van der Waals surface area contributed by atoms with E-state index >= 15 is 0 Å². The molecule has 21 heavy (non-hydrogen) atoms. The standard InChI is InChI=1S/C9H8FN5O5S/c1-20-9-11-8(12-13-9)14-21(18,19)7-3-2-5(15(16)17)4-6(7)10/h2-4H,1H3,(H2,11,12,13,14). The molecule has 2 N–H and O–H groups in total. The Balaban J connectivity index is 2.33. The maximum Gasteiger partial charge on any atom is 0.336 e. The number of H-pyrrole nitrogens is 1. The van der Waals surface area contributed by atoms with Crippen LogP contribution in [-0.4, -0.2) is 35.6 Å². The molecule has 0 fully saturated rings. The first-order valence-corrected chi connectivity index (χ1v) is 6.75. The summed E-state index contributed by atoms with van der Waals surface area (Å²) >= 11 is 0. The molecule has 1 heterocycles. The van der Waals surface area contributed by atoms with E-state index in [1.807, 2.05) is 4.72 Å². The number of nitrogens with zero attached hydrogens (tertiary/aromatic N) is 3. The van der Waals surface area contributed by atoms with Gasteiger partial charge in [0, 0.05) is 6.07 Å². The van der Waals surface area contributed by atoms with Gasteiger partial charge in [0.2, 0.25) is 5.95 Å². The summed E-state index contributed by atoms with van der Waals surface area (Å²) in [5, 5.41) is 16.2. The van der Waals surface area contributed by atoms with E-state index in [1.54, 1.807) is 0 Å². The van der Waals surface area contributed by atoms with Crippen LogP contribution in [-0.2, 0) is 10.0 Å². The third-order valence-corrected chi connectivity index (χ3v) is 3.67. The molecule has 2 rings (SSSR count). The largest absolute Gasteiger partial charge is 0.466 e. The number of hydrogen-bond donors (Lipinski definition) is 2. The van der Waals surface area contributed by atoms with E-state index in [2.05, 4.69) is 19.9 Å². The van der Waals surface area contributed by atoms with Gasteiger partial charge in [-0.3, -0.25) is 10.1 Å². The number of methoxy groups -OCH3 is 1. The molecule has 0 bridgehead atoms. The zero-order chi connectivity index (χ0) is 15.6. The first kappa shape index (κ1) is 14.6. The fourth-order valence-corrected chi connectivity index (χ4v) is 2.41. The van der Waals surface area contributed by atoms with E-state index in [1.165, 1.54) is 7.11 Å². The zero-order valence-electron chi connectivity index (χ0n) is 10.4. The van der Waals surface area contributed by atoms with Gasteiger partial charge in [-0.15, -0.1) is 5.10 Å². The molecule has 0 radical (unpaired) electrons. The Labute approximate surface area is 117 Å². The highest BCUT2D eigenvalue weighted by atomic mass is 32.2. The number of nitro groups is 1. The van der Waals surface area contributed by atoms with E-state index in [-0.39, 0.29) is 12.0 Å². The van der Waals surface area contributed by atoms with Gasteiger partial charge < -0.3 is 4.74 Å². The Morgan fingerprint density at radius 3 is 2.71 bits per heavy atom. The van der Waals surface area contributed by atoms with Crippen molar-refractivity contribution in [3.05, 3.63) is 34.1 Å². The van der Waals surface area contributed by atoms with Crippen LogP contribution in [0.4, 0.5) is 16.0 Å². The molecule has 1 aromatic heterocycles. The number of halogens is 1. The molecular weight excluding hydrogens is 309 g/mol. The van der Waals surface area contributed by atoms with Gasteiger partial charge >= 0.3 is 6.01 Å². The number of non-ortho nitro benzene ring substituents is 1. The molecule has 112 valence electrons. The summed E-state index contributed by atoms with van der Waals surface area (Å²) in [6.07, 6.45) is 0. The highest BCUT2D eigenvalue weighted by Gasteiger charge is 2.23. The Hall–Kier alpha value is -2.76. The molecule has 10 nitrogen and oxygen atoms in total. The molecule has 12 heteroatoms. The molecule has 1 aromatic carbocycles. The average Bonchev–Trinajstić information content (AvgIpc) is 2.85. The van der Waals surface area contributed by atoms with Gasteiger partial charge in [-0.1, -0.05) is 0 Å². The minimum absolute atomic E-state index is 0.114. The Morgan fingerprint density at radius 1 is 1.48 bits per heavy atom. The number of nitrogens with one attached hydrogen (secondary N) is 2. The number of anilines is 1. The highest BCUT2D eigenvalue weighted by molar-refractivity contribution is 7.92. The summed E-state index contributed by atoms with van der Waals surface area (Å²) in [6, 6.07) is 2.05. The van der Waals surface area contributed by atoms with Crippen LogP contribution in [0.25, 0.3) is 0 Å². The fourth-order valence-electron chi connectivity index (χ4n) is 1.39. The van der Waals surface area contributed by atoms with Gasteiger partial charge in [-0.05, 0) is 6.07 Å². The lowest BCUT2D eigenvalue weighted by Gasteiger charge is -2.05. The number of sulfonamides is 1. The molecule has 0 aliphatic rings. The van der Waals surface area contributed by atoms with Crippen LogP contribution >= 0.6 is 0 Å². The zero-order valence-corrected chi connectivity index (χ0v) is 11.2. The third kappa shape index (κ3) is 3.05. The molecular formula is C9H8FN5O5S. The van der Waals surface area contributed by atoms with Crippen molar-refractivity contribution in [2.75, 3.05) is 11.8 Å². The van der Waals surface area contributed by atoms with Crippen LogP contribution in [0.5, 0.6) is 6.01 Å². The van der Waals surface area contributed by atoms with Gasteiger partial charge in [0.15, 0.2) is 5.82 Å². The van der Waals surface area contributed by atoms with Gasteiger partial charge in [0.05, 0.1) is 18.1 Å². The molecule has 0 saturated heterocycles. The summed E-state index contributed by atoms with van der Waals surface area (Å²) in [6.45, 7) is 0. The normalized spacial score (nSPS) is 11.1. The average molecular weight is 317 g/mol. The molecule has 2 aromatic rings. The van der Waals surface area contributed by atoms with Crippen LogP contribution in [0.1, 0.15) is 0 Å². The van der Waals surface area contributed by atoms with Crippen molar-refractivity contribution < 1.29 is 22.5 Å². The van der Waals surface area contributed by atoms with Gasteiger partial charge in [0.1, 0.15) is 4.90 Å². The lowest BCUT2D eigenvalue weighted by Crippen LogP contribution is -2.15. The number of ether oxygens (including phenoxy) is 1. The van der Waals surface area contributed by atoms with Crippen molar-refractivity contribution in [1.29, 1.82) is 0 Å². The van der Waals surface area contributed by atoms with Gasteiger partial charge in [-0.25, -0.2) is 22.6 Å². The molecule has 0 atom stereocenters. The van der Waals surface area contributed by atoms with Crippen LogP contribution in [0.2, 0.25) is 0 Å². The lowest BCUT2D eigenvalue weighted by molar-refractivity contribution is -0.385. The van der Waals surface area contributed by atoms with Gasteiger partial charge in [0.25, 0.3) is 15.7 Å². The van der Waals surface area contributed by atoms with Gasteiger partial charge in [-0.2, -0.15) is 4.98 Å². The van der Waals surface area contributed by atoms with Crippen LogP contribution in [0.15, 0.2) is 23.1 Å². The smallest absolute Gasteiger partial charge is 0.336 e. The SMILES string of the molecule is COc1n[nH]c(NS(=O)(=O)c2ccc([N+](=O)[O-])cc2F)n1. The highest BCUT2D eigenvalue weighted by Crippen LogP contribution is 2.22. The number of hydrogen-bond acceptors (Lipinski definition) is 7. The molecule has 0 spiro atoms. The second kappa shape index (κ2) is 5.32. The molecule has 0 aliphatic carbocycles. The maximum absolute atomic E-state index is 13.7. The van der Waals surface area contributed by atoms with Crippen molar-refractivity contribution in [2.24, 2.45) is 0 Å². The maximum atomic E-state index is 13.7. The first-order valence-electron chi connectivity index (χ1n) is 5.26. The van der Waals surface area contributed by atoms with E-state index in [9.17, 15) is 22.9 Å². The third-order valence-electron chi connectivity index (χ3n) is 2.29. The second-order valence-corrected chi connectivity index (χ2v) is 5.30. The number of benzene rings is 1. The molecule has 0 saturated carbocycles. The molecule has 0 unspecified atom stereocenters. The summed E-state index contributed by atoms with van der Waals surface area (Å²) in [5.41, 5.74) is -0.562. The predicted octanol–water partition coefficient (Wildman–Crippen LogP) is 0.661. The van der Waals surface area contributed by atoms with Crippen molar-refractivity contribution >= 4 is 21.7 Å². The van der Waals surface area contributed by atoms with Crippen LogP contribution < -0.4 is 9.46 Å². The van der Waals surface area contributed by atoms with Crippen molar-refractivity contribution in [2.45, 2.75) is 4.90 Å². The molecule has 0 amide bonds. The summed E-state index contributed by atoms with van der Waals surface area (Å²) in [4.78, 5) is 12.5. The summed E-state index contributed by atoms with van der Waals surface area (Å²) in [7, 11) is -3.04. The van der Waals surface area contributed by atoms with Crippen molar-refractivity contribution in [1.82, 2.24) is 15.2 Å². The first-order chi connectivity index (χ1) is 9.83. The summed E-state index contributed by atoms with van der Waals surface area (Å²) in [5.74, 6) is -1.55. The monoisotopic (exact) mass is 317 g/mol. The Morgan fingerprint density at radius 2 is 2.19 bits per heavy atom. The number of nitro benzene ring substituents is 1. The Kier molecular flexibility index (Phi) is 3.71. The predicted molar refractivity (Wildman–Crippen MR) is 66.8 cm³/mol. The second-order valence-electron chi connectivity index (χ2n) is 3.65. The minimum Gasteiger partial charge on any atom is -0.466 e. The van der Waals surface area contributed by atoms with E-state index < -0.39 is 31.3 Å². The number of rotatable bonds is 5. The van der Waals surface area contributed by atoms with E-state index in [4.69, 9.17) is 0 Å². The number of aromatic amines is 1. The van der Waals surface area contributed by atoms with Crippen LogP contribution in [0.3, 0.4) is 0 Å². The topological polar surface area (TPSA) is 140 Å². The Bertz CT molecular complexity index is 790. The van der Waals surface area contributed by atoms with E-state index in [0.29, 0.717) is 6.07 Å². The summed E-state index contributed by atoms with van der Waals surface area (Å²) < 4.78 is 44.2. The lowest BCUT2D eigenvalue weighted by atomic mass is 10.3. The molecule has 0 aliphatic heterocycles. The fraction of sp³-hybridized carbons (Fsp3) is 0.111. The van der Waals surface area contributed by atoms with Crippen molar-refractivity contribution in [3.8, 4) is 6.01 Å². The van der Waals surface area contributed by atoms with Crippen molar-refractivity contribution in [3.63, 3.8) is 0 Å².